The van der Waals surface area contributed by atoms with Crippen LogP contribution in [0.15, 0.2) is 30.3 Å². The molecule has 0 aromatic heterocycles. The predicted molar refractivity (Wildman–Crippen MR) is 61.1 cm³/mol. The fourth-order valence-electron chi connectivity index (χ4n) is 2.14. The maximum Gasteiger partial charge on any atom is 0.0443 e. The second kappa shape index (κ2) is 2.50. The summed E-state index contributed by atoms with van der Waals surface area (Å²) in [6.45, 7) is 0. The number of rotatable bonds is 1. The maximum absolute atomic E-state index is 2.32. The highest BCUT2D eigenvalue weighted by Crippen LogP contribution is 2.40. The van der Waals surface area contributed by atoms with Gasteiger partial charge in [0.2, 0.25) is 0 Å². The normalized spacial score (nSPS) is 12.7. The quantitative estimate of drug-likeness (QED) is 0.560. The molecule has 2 aromatic rings. The van der Waals surface area contributed by atoms with Gasteiger partial charge in [0.25, 0.3) is 0 Å². The van der Waals surface area contributed by atoms with Crippen molar-refractivity contribution in [3.63, 3.8) is 0 Å². The van der Waals surface area contributed by atoms with Crippen LogP contribution in [-0.2, 0) is 6.42 Å². The lowest BCUT2D eigenvalue weighted by Crippen LogP contribution is -2.08. The third-order valence-electron chi connectivity index (χ3n) is 2.95. The summed E-state index contributed by atoms with van der Waals surface area (Å²) < 4.78 is 0. The van der Waals surface area contributed by atoms with Crippen molar-refractivity contribution in [3.05, 3.63) is 41.5 Å². The van der Waals surface area contributed by atoms with Gasteiger partial charge in [-0.3, -0.25) is 0 Å². The van der Waals surface area contributed by atoms with Crippen LogP contribution in [0, 0.1) is 0 Å². The van der Waals surface area contributed by atoms with Crippen molar-refractivity contribution in [2.24, 2.45) is 0 Å². The number of hydrogen-bond donors (Lipinski definition) is 0. The minimum atomic E-state index is 1.19. The van der Waals surface area contributed by atoms with Crippen molar-refractivity contribution in [3.8, 4) is 0 Å². The van der Waals surface area contributed by atoms with E-state index in [0.29, 0.717) is 0 Å². The van der Waals surface area contributed by atoms with Gasteiger partial charge < -0.3 is 4.90 Å². The van der Waals surface area contributed by atoms with Crippen LogP contribution in [0.3, 0.4) is 0 Å². The number of fused-ring (bicyclic) bond motifs is 3. The Bertz CT molecular complexity index is 512. The van der Waals surface area contributed by atoms with Gasteiger partial charge in [-0.15, -0.1) is 0 Å². The number of anilines is 1. The highest BCUT2D eigenvalue weighted by atomic mass is 15.1. The molecule has 0 heterocycles. The lowest BCUT2D eigenvalue weighted by Gasteiger charge is -2.14. The minimum Gasteiger partial charge on any atom is -0.377 e. The molecule has 0 unspecified atom stereocenters. The Morgan fingerprint density at radius 2 is 1.79 bits per heavy atom. The molecule has 1 aliphatic carbocycles. The zero-order chi connectivity index (χ0) is 9.71. The van der Waals surface area contributed by atoms with E-state index in [-0.39, 0.29) is 0 Å². The summed E-state index contributed by atoms with van der Waals surface area (Å²) in [5.41, 5.74) is 4.41. The summed E-state index contributed by atoms with van der Waals surface area (Å²) in [6.07, 6.45) is 1.19. The van der Waals surface area contributed by atoms with Crippen LogP contribution in [0.2, 0.25) is 0 Å². The van der Waals surface area contributed by atoms with Gasteiger partial charge in [-0.1, -0.05) is 24.3 Å². The van der Waals surface area contributed by atoms with Crippen molar-refractivity contribution >= 4 is 16.5 Å². The van der Waals surface area contributed by atoms with Crippen LogP contribution < -0.4 is 4.90 Å². The summed E-state index contributed by atoms with van der Waals surface area (Å²) in [6, 6.07) is 11.0. The van der Waals surface area contributed by atoms with Crippen LogP contribution in [0.1, 0.15) is 11.1 Å². The van der Waals surface area contributed by atoms with Gasteiger partial charge in [-0.05, 0) is 29.0 Å². The van der Waals surface area contributed by atoms with Gasteiger partial charge in [0.15, 0.2) is 0 Å². The molecule has 70 valence electrons. The van der Waals surface area contributed by atoms with Gasteiger partial charge in [0.05, 0.1) is 0 Å². The molecule has 1 heteroatoms. The number of benzene rings is 2. The summed E-state index contributed by atoms with van der Waals surface area (Å²) in [5.74, 6) is 0. The highest BCUT2D eigenvalue weighted by molar-refractivity contribution is 6.00. The Morgan fingerprint density at radius 3 is 2.50 bits per heavy atom. The topological polar surface area (TPSA) is 3.24 Å². The molecule has 14 heavy (non-hydrogen) atoms. The van der Waals surface area contributed by atoms with Crippen molar-refractivity contribution in [2.75, 3.05) is 19.0 Å². The van der Waals surface area contributed by atoms with Gasteiger partial charge in [-0.2, -0.15) is 0 Å². The minimum absolute atomic E-state index is 1.19. The first-order chi connectivity index (χ1) is 6.77. The molecule has 2 aromatic carbocycles. The molecule has 0 radical (unpaired) electrons. The molecule has 0 bridgehead atoms. The van der Waals surface area contributed by atoms with E-state index < -0.39 is 0 Å². The standard InChI is InChI=1S/C13H13N/c1-14(2)13-8-9-7-12(9)10-5-3-4-6-11(10)13/h3-6,8H,7H2,1-2H3. The monoisotopic (exact) mass is 183 g/mol. The Hall–Kier alpha value is -1.50. The van der Waals surface area contributed by atoms with Gasteiger partial charge in [0.1, 0.15) is 0 Å². The molecule has 0 spiro atoms. The Kier molecular flexibility index (Phi) is 1.41. The predicted octanol–water partition coefficient (Wildman–Crippen LogP) is 2.81. The number of nitrogens with zero attached hydrogens (tertiary/aromatic N) is 1. The van der Waals surface area contributed by atoms with E-state index in [9.17, 15) is 0 Å². The van der Waals surface area contributed by atoms with Gasteiger partial charge in [-0.25, -0.2) is 0 Å². The molecule has 1 aliphatic rings. The summed E-state index contributed by atoms with van der Waals surface area (Å²) in [7, 11) is 4.22. The second-order valence-electron chi connectivity index (χ2n) is 4.15. The van der Waals surface area contributed by atoms with Crippen LogP contribution >= 0.6 is 0 Å². The molecule has 0 N–H and O–H groups in total. The third-order valence-corrected chi connectivity index (χ3v) is 2.95. The Labute approximate surface area is 84.0 Å². The Morgan fingerprint density at radius 1 is 1.07 bits per heavy atom. The molecule has 1 nitrogen and oxygen atoms in total. The molecule has 3 rings (SSSR count). The second-order valence-corrected chi connectivity index (χ2v) is 4.15. The molecular formula is C13H13N. The van der Waals surface area contributed by atoms with Gasteiger partial charge >= 0.3 is 0 Å². The van der Waals surface area contributed by atoms with E-state index in [0.717, 1.165) is 0 Å². The van der Waals surface area contributed by atoms with Crippen molar-refractivity contribution in [1.82, 2.24) is 0 Å². The average molecular weight is 183 g/mol. The first-order valence-electron chi connectivity index (χ1n) is 4.98. The number of hydrogen-bond acceptors (Lipinski definition) is 1. The first-order valence-corrected chi connectivity index (χ1v) is 4.98. The Balaban J connectivity index is 2.41. The highest BCUT2D eigenvalue weighted by Gasteiger charge is 2.22. The maximum atomic E-state index is 2.32. The van der Waals surface area contributed by atoms with E-state index in [1.54, 1.807) is 5.56 Å². The van der Waals surface area contributed by atoms with Crippen LogP contribution in [0.25, 0.3) is 10.8 Å². The molecule has 0 amide bonds. The van der Waals surface area contributed by atoms with E-state index in [1.165, 1.54) is 28.4 Å². The summed E-state index contributed by atoms with van der Waals surface area (Å²) >= 11 is 0. The summed E-state index contributed by atoms with van der Waals surface area (Å²) in [5, 5.41) is 2.82. The van der Waals surface area contributed by atoms with Crippen molar-refractivity contribution < 1.29 is 0 Å². The van der Waals surface area contributed by atoms with E-state index in [1.807, 2.05) is 0 Å². The zero-order valence-electron chi connectivity index (χ0n) is 8.54. The molecule has 0 saturated carbocycles. The zero-order valence-corrected chi connectivity index (χ0v) is 8.54. The van der Waals surface area contributed by atoms with Crippen molar-refractivity contribution in [2.45, 2.75) is 6.42 Å². The molecular weight excluding hydrogens is 170 g/mol. The van der Waals surface area contributed by atoms with E-state index >= 15 is 0 Å². The lowest BCUT2D eigenvalue weighted by atomic mass is 10.1. The van der Waals surface area contributed by atoms with E-state index in [4.69, 9.17) is 0 Å². The first kappa shape index (κ1) is 7.86. The fraction of sp³-hybridized carbons (Fsp3) is 0.231. The van der Waals surface area contributed by atoms with E-state index in [2.05, 4.69) is 49.3 Å². The SMILES string of the molecule is CN(C)c1cc2c(c3ccccc13)C2. The average Bonchev–Trinajstić information content (AvgIpc) is 2.95. The van der Waals surface area contributed by atoms with Gasteiger partial charge in [0, 0.05) is 25.2 Å². The van der Waals surface area contributed by atoms with Crippen LogP contribution in [-0.4, -0.2) is 14.1 Å². The summed E-state index contributed by atoms with van der Waals surface area (Å²) in [4.78, 5) is 2.20. The van der Waals surface area contributed by atoms with Crippen LogP contribution in [0.4, 0.5) is 5.69 Å². The molecule has 0 saturated heterocycles. The molecule has 0 aliphatic heterocycles. The largest absolute Gasteiger partial charge is 0.377 e. The van der Waals surface area contributed by atoms with Crippen molar-refractivity contribution in [1.29, 1.82) is 0 Å². The lowest BCUT2D eigenvalue weighted by molar-refractivity contribution is 1.14. The van der Waals surface area contributed by atoms with Crippen LogP contribution in [0.5, 0.6) is 0 Å². The third kappa shape index (κ3) is 0.955. The fourth-order valence-corrected chi connectivity index (χ4v) is 2.14. The molecule has 0 atom stereocenters. The smallest absolute Gasteiger partial charge is 0.0443 e. The molecule has 0 fully saturated rings.